The smallest absolute Gasteiger partial charge is 0.118 e. The van der Waals surface area contributed by atoms with E-state index in [2.05, 4.69) is 108 Å². The van der Waals surface area contributed by atoms with E-state index in [1.54, 1.807) is 7.11 Å². The molecule has 0 saturated heterocycles. The third-order valence-electron chi connectivity index (χ3n) is 6.21. The SMILES string of the molecule is CCCCN[C@H](C[C@H](NCCCNCc1ccccc1)c1ccc(OC)cc1)c1ccccc1. The molecule has 0 radical (unpaired) electrons. The first-order valence-electron chi connectivity index (χ1n) is 12.7. The fourth-order valence-corrected chi connectivity index (χ4v) is 4.20. The minimum absolute atomic E-state index is 0.263. The summed E-state index contributed by atoms with van der Waals surface area (Å²) >= 11 is 0. The molecule has 0 aliphatic heterocycles. The summed E-state index contributed by atoms with van der Waals surface area (Å²) in [6, 6.07) is 30.5. The van der Waals surface area contributed by atoms with Gasteiger partial charge >= 0.3 is 0 Å². The van der Waals surface area contributed by atoms with Crippen LogP contribution in [0.2, 0.25) is 0 Å². The van der Waals surface area contributed by atoms with E-state index in [1.165, 1.54) is 29.5 Å². The van der Waals surface area contributed by atoms with E-state index >= 15 is 0 Å². The number of methoxy groups -OCH3 is 1. The highest BCUT2D eigenvalue weighted by molar-refractivity contribution is 5.30. The Labute approximate surface area is 206 Å². The Bertz CT molecular complexity index is 899. The summed E-state index contributed by atoms with van der Waals surface area (Å²) in [4.78, 5) is 0. The summed E-state index contributed by atoms with van der Waals surface area (Å²) in [7, 11) is 1.72. The molecule has 34 heavy (non-hydrogen) atoms. The van der Waals surface area contributed by atoms with Gasteiger partial charge in [0.2, 0.25) is 0 Å². The van der Waals surface area contributed by atoms with E-state index in [9.17, 15) is 0 Å². The van der Waals surface area contributed by atoms with Crippen molar-refractivity contribution in [3.05, 3.63) is 102 Å². The molecule has 0 aliphatic rings. The van der Waals surface area contributed by atoms with Gasteiger partial charge in [-0.25, -0.2) is 0 Å². The van der Waals surface area contributed by atoms with Gasteiger partial charge in [-0.15, -0.1) is 0 Å². The largest absolute Gasteiger partial charge is 0.497 e. The van der Waals surface area contributed by atoms with Gasteiger partial charge < -0.3 is 20.7 Å². The predicted molar refractivity (Wildman–Crippen MR) is 143 cm³/mol. The summed E-state index contributed by atoms with van der Waals surface area (Å²) < 4.78 is 5.39. The van der Waals surface area contributed by atoms with Crippen LogP contribution in [-0.4, -0.2) is 26.7 Å². The van der Waals surface area contributed by atoms with E-state index in [4.69, 9.17) is 4.74 Å². The van der Waals surface area contributed by atoms with Gasteiger partial charge in [0, 0.05) is 18.6 Å². The number of nitrogens with one attached hydrogen (secondary N) is 3. The van der Waals surface area contributed by atoms with E-state index in [0.717, 1.165) is 44.8 Å². The van der Waals surface area contributed by atoms with Crippen LogP contribution in [0.3, 0.4) is 0 Å². The molecule has 0 bridgehead atoms. The molecule has 3 rings (SSSR count). The minimum Gasteiger partial charge on any atom is -0.497 e. The Morgan fingerprint density at radius 2 is 1.26 bits per heavy atom. The summed E-state index contributed by atoms with van der Waals surface area (Å²) in [6.45, 7) is 6.16. The van der Waals surface area contributed by atoms with Crippen molar-refractivity contribution in [2.45, 2.75) is 51.2 Å². The Morgan fingerprint density at radius 1 is 0.676 bits per heavy atom. The molecule has 0 aliphatic carbocycles. The van der Waals surface area contributed by atoms with Crippen molar-refractivity contribution in [1.82, 2.24) is 16.0 Å². The van der Waals surface area contributed by atoms with Gasteiger partial charge in [-0.3, -0.25) is 0 Å². The molecule has 0 aromatic heterocycles. The molecule has 4 heteroatoms. The van der Waals surface area contributed by atoms with Crippen molar-refractivity contribution in [3.8, 4) is 5.75 Å². The van der Waals surface area contributed by atoms with Crippen LogP contribution in [0.5, 0.6) is 5.75 Å². The van der Waals surface area contributed by atoms with Crippen molar-refractivity contribution >= 4 is 0 Å². The lowest BCUT2D eigenvalue weighted by molar-refractivity contribution is 0.398. The first-order valence-corrected chi connectivity index (χ1v) is 12.7. The van der Waals surface area contributed by atoms with E-state index in [1.807, 2.05) is 0 Å². The molecule has 0 fully saturated rings. The average molecular weight is 460 g/mol. The van der Waals surface area contributed by atoms with Crippen LogP contribution in [0.25, 0.3) is 0 Å². The van der Waals surface area contributed by atoms with Crippen LogP contribution in [0.1, 0.15) is 61.4 Å². The number of unbranched alkanes of at least 4 members (excludes halogenated alkanes) is 1. The fourth-order valence-electron chi connectivity index (χ4n) is 4.20. The van der Waals surface area contributed by atoms with Gasteiger partial charge in [0.05, 0.1) is 7.11 Å². The quantitative estimate of drug-likeness (QED) is 0.229. The summed E-state index contributed by atoms with van der Waals surface area (Å²) in [5, 5.41) is 11.2. The third kappa shape index (κ3) is 8.94. The molecule has 2 atom stereocenters. The molecule has 3 aromatic rings. The predicted octanol–water partition coefficient (Wildman–Crippen LogP) is 6.03. The topological polar surface area (TPSA) is 45.3 Å². The molecule has 0 heterocycles. The van der Waals surface area contributed by atoms with Gasteiger partial charge in [-0.1, -0.05) is 86.1 Å². The summed E-state index contributed by atoms with van der Waals surface area (Å²) in [5.74, 6) is 0.897. The maximum Gasteiger partial charge on any atom is 0.118 e. The second-order valence-electron chi connectivity index (χ2n) is 8.80. The Kier molecular flexibility index (Phi) is 11.7. The maximum absolute atomic E-state index is 5.39. The maximum atomic E-state index is 5.39. The van der Waals surface area contributed by atoms with E-state index in [-0.39, 0.29) is 6.04 Å². The molecule has 182 valence electrons. The highest BCUT2D eigenvalue weighted by Gasteiger charge is 2.19. The van der Waals surface area contributed by atoms with Gasteiger partial charge in [-0.2, -0.15) is 0 Å². The zero-order valence-corrected chi connectivity index (χ0v) is 20.8. The number of hydrogen-bond acceptors (Lipinski definition) is 4. The van der Waals surface area contributed by atoms with Crippen LogP contribution in [0.4, 0.5) is 0 Å². The van der Waals surface area contributed by atoms with E-state index < -0.39 is 0 Å². The third-order valence-corrected chi connectivity index (χ3v) is 6.21. The van der Waals surface area contributed by atoms with Crippen molar-refractivity contribution in [3.63, 3.8) is 0 Å². The molecule has 4 nitrogen and oxygen atoms in total. The zero-order valence-electron chi connectivity index (χ0n) is 20.8. The Balaban J connectivity index is 1.60. The monoisotopic (exact) mass is 459 g/mol. The highest BCUT2D eigenvalue weighted by atomic mass is 16.5. The molecule has 0 unspecified atom stereocenters. The number of rotatable bonds is 16. The van der Waals surface area contributed by atoms with Gasteiger partial charge in [-0.05, 0) is 67.7 Å². The minimum atomic E-state index is 0.263. The lowest BCUT2D eigenvalue weighted by atomic mass is 9.94. The summed E-state index contributed by atoms with van der Waals surface area (Å²) in [6.07, 6.45) is 4.47. The van der Waals surface area contributed by atoms with Crippen LogP contribution >= 0.6 is 0 Å². The van der Waals surface area contributed by atoms with Gasteiger partial charge in [0.25, 0.3) is 0 Å². The van der Waals surface area contributed by atoms with Crippen molar-refractivity contribution in [1.29, 1.82) is 0 Å². The van der Waals surface area contributed by atoms with Crippen LogP contribution in [0, 0.1) is 0 Å². The van der Waals surface area contributed by atoms with Crippen LogP contribution in [0.15, 0.2) is 84.9 Å². The van der Waals surface area contributed by atoms with Crippen LogP contribution < -0.4 is 20.7 Å². The highest BCUT2D eigenvalue weighted by Crippen LogP contribution is 2.28. The van der Waals surface area contributed by atoms with Crippen molar-refractivity contribution in [2.75, 3.05) is 26.7 Å². The Morgan fingerprint density at radius 3 is 1.88 bits per heavy atom. The summed E-state index contributed by atoms with van der Waals surface area (Å²) in [5.41, 5.74) is 3.98. The first kappa shape index (κ1) is 26.0. The molecular weight excluding hydrogens is 418 g/mol. The first-order chi connectivity index (χ1) is 16.8. The average Bonchev–Trinajstić information content (AvgIpc) is 2.90. The normalized spacial score (nSPS) is 12.9. The molecule has 3 N–H and O–H groups in total. The fraction of sp³-hybridized carbons (Fsp3) is 0.400. The standard InChI is InChI=1S/C30H41N3O/c1-3-4-21-32-29(26-14-9-6-10-15-26)23-30(27-16-18-28(34-2)19-17-27)33-22-11-20-31-24-25-12-7-5-8-13-25/h5-10,12-19,29-33H,3-4,11,20-24H2,1-2H3/t29-,30+/m1/s1. The van der Waals surface area contributed by atoms with Gasteiger partial charge in [0.15, 0.2) is 0 Å². The Hall–Kier alpha value is -2.66. The second kappa shape index (κ2) is 15.3. The van der Waals surface area contributed by atoms with Gasteiger partial charge in [0.1, 0.15) is 5.75 Å². The number of ether oxygens (including phenoxy) is 1. The second-order valence-corrected chi connectivity index (χ2v) is 8.80. The number of hydrogen-bond donors (Lipinski definition) is 3. The lowest BCUT2D eigenvalue weighted by Crippen LogP contribution is -2.31. The van der Waals surface area contributed by atoms with Crippen LogP contribution in [-0.2, 0) is 6.54 Å². The van der Waals surface area contributed by atoms with E-state index in [0.29, 0.717) is 6.04 Å². The molecular formula is C30H41N3O. The van der Waals surface area contributed by atoms with Crippen molar-refractivity contribution in [2.24, 2.45) is 0 Å². The molecule has 3 aromatic carbocycles. The zero-order chi connectivity index (χ0) is 23.8. The lowest BCUT2D eigenvalue weighted by Gasteiger charge is -2.27. The molecule has 0 amide bonds. The van der Waals surface area contributed by atoms with Crippen molar-refractivity contribution < 1.29 is 4.74 Å². The molecule has 0 spiro atoms. The molecule has 0 saturated carbocycles. The number of benzene rings is 3.